The van der Waals surface area contributed by atoms with Crippen molar-refractivity contribution in [3.8, 4) is 5.69 Å². The number of rotatable bonds is 9. The first-order valence-electron chi connectivity index (χ1n) is 14.3. The molecule has 1 aromatic heterocycles. The molecule has 11 nitrogen and oxygen atoms in total. The molecule has 0 radical (unpaired) electrons. The Labute approximate surface area is 253 Å². The molecule has 234 valence electrons. The van der Waals surface area contributed by atoms with E-state index in [0.717, 1.165) is 17.7 Å². The summed E-state index contributed by atoms with van der Waals surface area (Å²) in [6, 6.07) is 8.53. The van der Waals surface area contributed by atoms with Gasteiger partial charge in [-0.05, 0) is 70.8 Å². The average molecular weight is 612 g/mol. The highest BCUT2D eigenvalue weighted by Gasteiger charge is 2.35. The van der Waals surface area contributed by atoms with Crippen molar-refractivity contribution < 1.29 is 22.7 Å². The van der Waals surface area contributed by atoms with Crippen LogP contribution in [-0.4, -0.2) is 90.6 Å². The van der Waals surface area contributed by atoms with Gasteiger partial charge in [0.05, 0.1) is 29.1 Å². The third kappa shape index (κ3) is 7.25. The number of carbonyl (C=O) groups excluding carboxylic acids is 1. The molecule has 1 saturated heterocycles. The van der Waals surface area contributed by atoms with Crippen molar-refractivity contribution in [1.29, 1.82) is 0 Å². The molecule has 4 unspecified atom stereocenters. The number of aromatic nitrogens is 3. The van der Waals surface area contributed by atoms with Gasteiger partial charge in [0.25, 0.3) is 5.91 Å². The second kappa shape index (κ2) is 12.4. The Morgan fingerprint density at radius 1 is 1.14 bits per heavy atom. The lowest BCUT2D eigenvalue weighted by molar-refractivity contribution is -0.137. The number of alkyl halides is 3. The van der Waals surface area contributed by atoms with Crippen LogP contribution in [-0.2, 0) is 10.9 Å². The number of hydrogen-bond donors (Lipinski definition) is 2. The first-order chi connectivity index (χ1) is 20.8. The SMILES string of the molecule is Cc1ccc(C(=O)Nc2cc(N(C)CCN(C)C)cc(C(F)(F)F)c2)cc1-n1cc(C2C=NC(=NC3OC3C)NC2C)nn1. The maximum Gasteiger partial charge on any atom is 0.416 e. The summed E-state index contributed by atoms with van der Waals surface area (Å²) < 4.78 is 48.1. The maximum atomic E-state index is 13.7. The minimum absolute atomic E-state index is 0.0467. The zero-order chi connectivity index (χ0) is 31.8. The Morgan fingerprint density at radius 2 is 1.89 bits per heavy atom. The van der Waals surface area contributed by atoms with Gasteiger partial charge in [-0.3, -0.25) is 4.79 Å². The van der Waals surface area contributed by atoms with Gasteiger partial charge in [-0.15, -0.1) is 5.10 Å². The summed E-state index contributed by atoms with van der Waals surface area (Å²) >= 11 is 0. The smallest absolute Gasteiger partial charge is 0.373 e. The molecule has 5 rings (SSSR count). The van der Waals surface area contributed by atoms with E-state index in [1.807, 2.05) is 39.8 Å². The van der Waals surface area contributed by atoms with Crippen molar-refractivity contribution in [1.82, 2.24) is 25.2 Å². The number of nitrogens with one attached hydrogen (secondary N) is 2. The zero-order valence-corrected chi connectivity index (χ0v) is 25.4. The highest BCUT2D eigenvalue weighted by atomic mass is 19.4. The van der Waals surface area contributed by atoms with Gasteiger partial charge in [-0.2, -0.15) is 13.2 Å². The molecule has 0 saturated carbocycles. The molecule has 0 aliphatic carbocycles. The molecule has 1 fully saturated rings. The van der Waals surface area contributed by atoms with Crippen molar-refractivity contribution in [2.75, 3.05) is 44.4 Å². The number of anilines is 2. The second-order valence-corrected chi connectivity index (χ2v) is 11.5. The first kappa shape index (κ1) is 31.1. The fourth-order valence-corrected chi connectivity index (χ4v) is 4.74. The van der Waals surface area contributed by atoms with Crippen LogP contribution >= 0.6 is 0 Å². The lowest BCUT2D eigenvalue weighted by atomic mass is 9.98. The predicted octanol–water partition coefficient (Wildman–Crippen LogP) is 4.09. The van der Waals surface area contributed by atoms with E-state index >= 15 is 0 Å². The molecular weight excluding hydrogens is 575 g/mol. The molecule has 14 heteroatoms. The van der Waals surface area contributed by atoms with Gasteiger partial charge in [0.1, 0.15) is 6.10 Å². The average Bonchev–Trinajstić information content (AvgIpc) is 3.43. The van der Waals surface area contributed by atoms with Crippen LogP contribution in [0.1, 0.15) is 46.9 Å². The first-order valence-corrected chi connectivity index (χ1v) is 14.3. The van der Waals surface area contributed by atoms with Crippen molar-refractivity contribution in [2.24, 2.45) is 9.98 Å². The van der Waals surface area contributed by atoms with Gasteiger partial charge in [-0.25, -0.2) is 14.7 Å². The molecule has 4 atom stereocenters. The normalized spacial score (nSPS) is 22.3. The monoisotopic (exact) mass is 611 g/mol. The molecule has 3 aromatic rings. The molecule has 2 N–H and O–H groups in total. The van der Waals surface area contributed by atoms with E-state index < -0.39 is 17.6 Å². The zero-order valence-electron chi connectivity index (χ0n) is 25.4. The van der Waals surface area contributed by atoms with Gasteiger partial charge in [0.2, 0.25) is 5.96 Å². The Morgan fingerprint density at radius 3 is 2.55 bits per heavy atom. The number of epoxide rings is 1. The van der Waals surface area contributed by atoms with Gasteiger partial charge in [0, 0.05) is 49.3 Å². The van der Waals surface area contributed by atoms with E-state index in [4.69, 9.17) is 4.74 Å². The standard InChI is InChI=1S/C30H36F3N9O2/c1-17-7-8-20(27(43)36-22-12-21(30(31,32)33)13-23(14-22)41(6)10-9-40(4)5)11-26(17)42-16-25(38-39-42)24-15-34-29(35-18(24)2)37-28-19(3)44-28/h7-8,11-16,18-19,24,28H,9-10H2,1-6H3,(H,35,37)(H,36,43). The number of amides is 1. The summed E-state index contributed by atoms with van der Waals surface area (Å²) in [6.45, 7) is 6.97. The lowest BCUT2D eigenvalue weighted by Crippen LogP contribution is -2.41. The molecule has 2 aliphatic rings. The number of benzene rings is 2. The summed E-state index contributed by atoms with van der Waals surface area (Å²) in [6.07, 6.45) is -1.10. The van der Waals surface area contributed by atoms with Crippen molar-refractivity contribution >= 4 is 29.5 Å². The van der Waals surface area contributed by atoms with Crippen LogP contribution in [0, 0.1) is 6.92 Å². The number of ether oxygens (including phenoxy) is 1. The van der Waals surface area contributed by atoms with Crippen LogP contribution < -0.4 is 15.5 Å². The third-order valence-electron chi connectivity index (χ3n) is 7.58. The largest absolute Gasteiger partial charge is 0.416 e. The summed E-state index contributed by atoms with van der Waals surface area (Å²) in [5.41, 5.74) is 1.93. The number of carbonyl (C=O) groups is 1. The number of nitrogens with zero attached hydrogens (tertiary/aromatic N) is 7. The molecule has 0 spiro atoms. The predicted molar refractivity (Wildman–Crippen MR) is 163 cm³/mol. The minimum atomic E-state index is -4.58. The van der Waals surface area contributed by atoms with Gasteiger partial charge in [-0.1, -0.05) is 11.3 Å². The minimum Gasteiger partial charge on any atom is -0.373 e. The van der Waals surface area contributed by atoms with Crippen LogP contribution in [0.5, 0.6) is 0 Å². The van der Waals surface area contributed by atoms with Crippen molar-refractivity contribution in [3.63, 3.8) is 0 Å². The highest BCUT2D eigenvalue weighted by molar-refractivity contribution is 6.05. The van der Waals surface area contributed by atoms with E-state index in [2.05, 4.69) is 30.9 Å². The van der Waals surface area contributed by atoms with Crippen molar-refractivity contribution in [2.45, 2.75) is 51.2 Å². The number of aryl methyl sites for hydroxylation is 1. The Kier molecular flexibility index (Phi) is 8.75. The molecule has 2 aromatic carbocycles. The molecule has 0 bridgehead atoms. The van der Waals surface area contributed by atoms with E-state index in [1.165, 1.54) is 6.07 Å². The Hall–Kier alpha value is -4.30. The third-order valence-corrected chi connectivity index (χ3v) is 7.58. The Balaban J connectivity index is 1.35. The number of aliphatic imine (C=N–C) groups is 2. The topological polar surface area (TPSA) is 116 Å². The fourth-order valence-electron chi connectivity index (χ4n) is 4.74. The van der Waals surface area contributed by atoms with Crippen LogP contribution in [0.25, 0.3) is 5.69 Å². The van der Waals surface area contributed by atoms with Crippen LogP contribution in [0.2, 0.25) is 0 Å². The summed E-state index contributed by atoms with van der Waals surface area (Å²) in [5, 5.41) is 14.6. The molecule has 3 heterocycles. The molecule has 2 aliphatic heterocycles. The molecule has 44 heavy (non-hydrogen) atoms. The van der Waals surface area contributed by atoms with E-state index in [0.29, 0.717) is 36.1 Å². The van der Waals surface area contributed by atoms with E-state index in [-0.39, 0.29) is 35.5 Å². The highest BCUT2D eigenvalue weighted by Crippen LogP contribution is 2.34. The number of guanidine groups is 1. The van der Waals surface area contributed by atoms with Gasteiger partial charge in [0.15, 0.2) is 6.23 Å². The Bertz CT molecular complexity index is 1580. The van der Waals surface area contributed by atoms with E-state index in [1.54, 1.807) is 47.2 Å². The summed E-state index contributed by atoms with van der Waals surface area (Å²) in [7, 11) is 5.50. The summed E-state index contributed by atoms with van der Waals surface area (Å²) in [5.74, 6) is -0.207. The maximum absolute atomic E-state index is 13.7. The van der Waals surface area contributed by atoms with Crippen LogP contribution in [0.4, 0.5) is 24.5 Å². The molecule has 1 amide bonds. The van der Waals surface area contributed by atoms with Gasteiger partial charge >= 0.3 is 6.18 Å². The van der Waals surface area contributed by atoms with Crippen LogP contribution in [0.15, 0.2) is 52.6 Å². The fraction of sp³-hybridized carbons (Fsp3) is 0.433. The summed E-state index contributed by atoms with van der Waals surface area (Å²) in [4.78, 5) is 25.8. The van der Waals surface area contributed by atoms with Crippen molar-refractivity contribution in [3.05, 3.63) is 65.0 Å². The number of halogens is 3. The molecular formula is C30H36F3N9O2. The van der Waals surface area contributed by atoms with Crippen LogP contribution in [0.3, 0.4) is 0 Å². The van der Waals surface area contributed by atoms with Gasteiger partial charge < -0.3 is 25.2 Å². The lowest BCUT2D eigenvalue weighted by Gasteiger charge is -2.24. The number of likely N-dealkylation sites (N-methyl/N-ethyl adjacent to an activating group) is 2. The van der Waals surface area contributed by atoms with E-state index in [9.17, 15) is 18.0 Å². The number of hydrogen-bond acceptors (Lipinski definition) is 7. The quantitative estimate of drug-likeness (QED) is 0.350. The second-order valence-electron chi connectivity index (χ2n) is 11.5.